The zero-order chi connectivity index (χ0) is 11.5. The minimum absolute atomic E-state index is 0.0223. The molecule has 2 fully saturated rings. The van der Waals surface area contributed by atoms with Gasteiger partial charge in [0, 0.05) is 6.54 Å². The van der Waals surface area contributed by atoms with Gasteiger partial charge in [-0.1, -0.05) is 0 Å². The van der Waals surface area contributed by atoms with E-state index in [2.05, 4.69) is 0 Å². The topological polar surface area (TPSA) is 60.9 Å². The van der Waals surface area contributed by atoms with Crippen molar-refractivity contribution in [3.63, 3.8) is 0 Å². The first-order chi connectivity index (χ1) is 7.72. The number of likely N-dealkylation sites (tertiary alicyclic amines) is 1. The Labute approximate surface area is 98.8 Å². The standard InChI is InChI=1S/C10H16N2O3S/c13-5-8-2-1-3-12(8)9(14)4-11-7-16-6-10(11)15/h8,13H,1-7H2/t8-/m0/s1. The molecule has 2 amide bonds. The first-order valence-electron chi connectivity index (χ1n) is 5.48. The van der Waals surface area contributed by atoms with E-state index in [1.165, 1.54) is 11.8 Å². The van der Waals surface area contributed by atoms with Gasteiger partial charge in [-0.05, 0) is 12.8 Å². The molecule has 0 radical (unpaired) electrons. The maximum atomic E-state index is 11.9. The molecule has 0 aliphatic carbocycles. The summed E-state index contributed by atoms with van der Waals surface area (Å²) in [6.07, 6.45) is 1.81. The monoisotopic (exact) mass is 244 g/mol. The predicted octanol–water partition coefficient (Wildman–Crippen LogP) is -0.497. The van der Waals surface area contributed by atoms with Gasteiger partial charge in [0.25, 0.3) is 0 Å². The molecule has 0 spiro atoms. The second kappa shape index (κ2) is 5.05. The van der Waals surface area contributed by atoms with E-state index in [1.54, 1.807) is 9.80 Å². The van der Waals surface area contributed by atoms with Gasteiger partial charge in [-0.3, -0.25) is 9.59 Å². The summed E-state index contributed by atoms with van der Waals surface area (Å²) in [7, 11) is 0. The Morgan fingerprint density at radius 2 is 2.38 bits per heavy atom. The van der Waals surface area contributed by atoms with Crippen LogP contribution in [-0.2, 0) is 9.59 Å². The smallest absolute Gasteiger partial charge is 0.242 e. The van der Waals surface area contributed by atoms with Crippen LogP contribution in [0.4, 0.5) is 0 Å². The van der Waals surface area contributed by atoms with Crippen molar-refractivity contribution >= 4 is 23.6 Å². The third-order valence-electron chi connectivity index (χ3n) is 3.06. The number of amides is 2. The van der Waals surface area contributed by atoms with Crippen molar-refractivity contribution in [1.82, 2.24) is 9.80 Å². The lowest BCUT2D eigenvalue weighted by Gasteiger charge is -2.25. The summed E-state index contributed by atoms with van der Waals surface area (Å²) < 4.78 is 0. The van der Waals surface area contributed by atoms with E-state index >= 15 is 0 Å². The van der Waals surface area contributed by atoms with Gasteiger partial charge in [0.15, 0.2) is 0 Å². The minimum Gasteiger partial charge on any atom is -0.394 e. The molecule has 0 aromatic carbocycles. The molecular weight excluding hydrogens is 228 g/mol. The van der Waals surface area contributed by atoms with E-state index < -0.39 is 0 Å². The highest BCUT2D eigenvalue weighted by molar-refractivity contribution is 8.00. The van der Waals surface area contributed by atoms with Crippen LogP contribution in [0.25, 0.3) is 0 Å². The Bertz CT molecular complexity index is 298. The van der Waals surface area contributed by atoms with Crippen molar-refractivity contribution in [2.24, 2.45) is 0 Å². The fourth-order valence-electron chi connectivity index (χ4n) is 2.15. The van der Waals surface area contributed by atoms with Crippen LogP contribution in [0.1, 0.15) is 12.8 Å². The van der Waals surface area contributed by atoms with E-state index in [-0.39, 0.29) is 31.0 Å². The summed E-state index contributed by atoms with van der Waals surface area (Å²) in [6, 6.07) is -0.0436. The molecule has 0 saturated carbocycles. The molecule has 2 saturated heterocycles. The van der Waals surface area contributed by atoms with Crippen molar-refractivity contribution in [3.8, 4) is 0 Å². The number of hydrogen-bond donors (Lipinski definition) is 1. The minimum atomic E-state index is -0.0436. The van der Waals surface area contributed by atoms with E-state index in [1.807, 2.05) is 0 Å². The molecule has 2 aliphatic heterocycles. The molecule has 90 valence electrons. The predicted molar refractivity (Wildman–Crippen MR) is 60.9 cm³/mol. The molecule has 0 aromatic heterocycles. The first-order valence-corrected chi connectivity index (χ1v) is 6.63. The number of thioether (sulfide) groups is 1. The van der Waals surface area contributed by atoms with Crippen LogP contribution in [-0.4, -0.2) is 64.1 Å². The van der Waals surface area contributed by atoms with E-state index in [0.29, 0.717) is 18.2 Å². The number of aliphatic hydroxyl groups excluding tert-OH is 1. The van der Waals surface area contributed by atoms with Crippen LogP contribution in [0.2, 0.25) is 0 Å². The number of rotatable bonds is 3. The van der Waals surface area contributed by atoms with Crippen LogP contribution in [0.15, 0.2) is 0 Å². The Kier molecular flexibility index (Phi) is 3.70. The number of carbonyl (C=O) groups is 2. The van der Waals surface area contributed by atoms with Crippen LogP contribution in [0.5, 0.6) is 0 Å². The summed E-state index contributed by atoms with van der Waals surface area (Å²) in [5.41, 5.74) is 0. The van der Waals surface area contributed by atoms with Crippen LogP contribution in [0, 0.1) is 0 Å². The Balaban J connectivity index is 1.89. The average Bonchev–Trinajstić information content (AvgIpc) is 2.87. The number of nitrogens with zero attached hydrogens (tertiary/aromatic N) is 2. The van der Waals surface area contributed by atoms with Gasteiger partial charge < -0.3 is 14.9 Å². The SMILES string of the molecule is O=C1CSCN1CC(=O)N1CCC[C@H]1CO. The van der Waals surface area contributed by atoms with E-state index in [4.69, 9.17) is 5.11 Å². The molecule has 2 aliphatic rings. The molecule has 2 rings (SSSR count). The van der Waals surface area contributed by atoms with Crippen molar-refractivity contribution in [2.75, 3.05) is 31.3 Å². The van der Waals surface area contributed by atoms with Crippen LogP contribution in [0.3, 0.4) is 0 Å². The lowest BCUT2D eigenvalue weighted by atomic mass is 10.2. The Morgan fingerprint density at radius 3 is 3.00 bits per heavy atom. The Morgan fingerprint density at radius 1 is 1.56 bits per heavy atom. The summed E-state index contributed by atoms with van der Waals surface area (Å²) in [6.45, 7) is 0.899. The second-order valence-corrected chi connectivity index (χ2v) is 5.09. The summed E-state index contributed by atoms with van der Waals surface area (Å²) >= 11 is 1.54. The molecule has 1 atom stereocenters. The lowest BCUT2D eigenvalue weighted by molar-refractivity contribution is -0.138. The lowest BCUT2D eigenvalue weighted by Crippen LogP contribution is -2.44. The zero-order valence-electron chi connectivity index (χ0n) is 9.09. The third kappa shape index (κ3) is 2.32. The largest absolute Gasteiger partial charge is 0.394 e. The molecule has 0 unspecified atom stereocenters. The average molecular weight is 244 g/mol. The third-order valence-corrected chi connectivity index (χ3v) is 4.01. The molecule has 0 aromatic rings. The summed E-state index contributed by atoms with van der Waals surface area (Å²) in [4.78, 5) is 26.6. The van der Waals surface area contributed by atoms with Crippen molar-refractivity contribution < 1.29 is 14.7 Å². The maximum absolute atomic E-state index is 11.9. The zero-order valence-corrected chi connectivity index (χ0v) is 9.91. The second-order valence-electron chi connectivity index (χ2n) is 4.14. The number of carbonyl (C=O) groups excluding carboxylic acids is 2. The van der Waals surface area contributed by atoms with E-state index in [9.17, 15) is 9.59 Å². The van der Waals surface area contributed by atoms with Gasteiger partial charge in [-0.15, -0.1) is 11.8 Å². The molecule has 0 bridgehead atoms. The maximum Gasteiger partial charge on any atom is 0.242 e. The van der Waals surface area contributed by atoms with Crippen molar-refractivity contribution in [1.29, 1.82) is 0 Å². The highest BCUT2D eigenvalue weighted by atomic mass is 32.2. The van der Waals surface area contributed by atoms with Gasteiger partial charge in [-0.25, -0.2) is 0 Å². The van der Waals surface area contributed by atoms with Crippen LogP contribution >= 0.6 is 11.8 Å². The first kappa shape index (κ1) is 11.7. The fraction of sp³-hybridized carbons (Fsp3) is 0.800. The van der Waals surface area contributed by atoms with Gasteiger partial charge >= 0.3 is 0 Å². The summed E-state index contributed by atoms with van der Waals surface area (Å²) in [5.74, 6) is 1.10. The van der Waals surface area contributed by atoms with Gasteiger partial charge in [0.2, 0.25) is 11.8 Å². The molecule has 1 N–H and O–H groups in total. The molecule has 2 heterocycles. The normalized spacial score (nSPS) is 25.6. The van der Waals surface area contributed by atoms with Crippen LogP contribution < -0.4 is 0 Å². The van der Waals surface area contributed by atoms with E-state index in [0.717, 1.165) is 12.8 Å². The summed E-state index contributed by atoms with van der Waals surface area (Å²) in [5, 5.41) is 9.12. The molecule has 16 heavy (non-hydrogen) atoms. The fourth-order valence-corrected chi connectivity index (χ4v) is 3.05. The number of hydrogen-bond acceptors (Lipinski definition) is 4. The van der Waals surface area contributed by atoms with Gasteiger partial charge in [-0.2, -0.15) is 0 Å². The highest BCUT2D eigenvalue weighted by Crippen LogP contribution is 2.19. The highest BCUT2D eigenvalue weighted by Gasteiger charge is 2.31. The van der Waals surface area contributed by atoms with Gasteiger partial charge in [0.1, 0.15) is 6.54 Å². The quantitative estimate of drug-likeness (QED) is 0.727. The molecule has 5 nitrogen and oxygen atoms in total. The molecular formula is C10H16N2O3S. The van der Waals surface area contributed by atoms with Crippen molar-refractivity contribution in [3.05, 3.63) is 0 Å². The number of aliphatic hydroxyl groups is 1. The van der Waals surface area contributed by atoms with Crippen molar-refractivity contribution in [2.45, 2.75) is 18.9 Å². The van der Waals surface area contributed by atoms with Gasteiger partial charge in [0.05, 0.1) is 24.3 Å². The Hall–Kier alpha value is -0.750. The molecule has 6 heteroatoms.